The van der Waals surface area contributed by atoms with Gasteiger partial charge in [-0.25, -0.2) is 9.97 Å². The van der Waals surface area contributed by atoms with E-state index in [1.54, 1.807) is 25.4 Å². The molecule has 0 spiro atoms. The summed E-state index contributed by atoms with van der Waals surface area (Å²) in [4.78, 5) is 27.7. The summed E-state index contributed by atoms with van der Waals surface area (Å²) < 4.78 is 7.29. The molecule has 0 aliphatic carbocycles. The summed E-state index contributed by atoms with van der Waals surface area (Å²) >= 11 is 0. The standard InChI is InChI=1S/C21H23N5O2/c1-28-19-14-17(5-9-23-19)21(27)25-11-6-16(7-12-25)20-24-10-13-26(20)15-18-4-2-3-8-22-18/h2-5,8-10,13-14,16H,6-7,11-12,15H2,1H3. The Bertz CT molecular complexity index is 933. The van der Waals surface area contributed by atoms with E-state index in [4.69, 9.17) is 4.74 Å². The fourth-order valence-corrected chi connectivity index (χ4v) is 3.66. The summed E-state index contributed by atoms with van der Waals surface area (Å²) in [6.07, 6.45) is 9.06. The third-order valence-electron chi connectivity index (χ3n) is 5.14. The molecule has 144 valence electrons. The molecule has 0 unspecified atom stereocenters. The van der Waals surface area contributed by atoms with Gasteiger partial charge in [0.1, 0.15) is 5.82 Å². The fourth-order valence-electron chi connectivity index (χ4n) is 3.66. The predicted octanol–water partition coefficient (Wildman–Crippen LogP) is 2.75. The Morgan fingerprint density at radius 2 is 1.96 bits per heavy atom. The van der Waals surface area contributed by atoms with Crippen LogP contribution in [-0.4, -0.2) is 50.5 Å². The lowest BCUT2D eigenvalue weighted by molar-refractivity contribution is 0.0710. The molecule has 3 aromatic rings. The summed E-state index contributed by atoms with van der Waals surface area (Å²) in [7, 11) is 1.55. The van der Waals surface area contributed by atoms with Crippen molar-refractivity contribution in [1.29, 1.82) is 0 Å². The van der Waals surface area contributed by atoms with Gasteiger partial charge in [0.25, 0.3) is 5.91 Å². The predicted molar refractivity (Wildman–Crippen MR) is 104 cm³/mol. The van der Waals surface area contributed by atoms with Gasteiger partial charge in [-0.2, -0.15) is 0 Å². The molecule has 4 rings (SSSR count). The van der Waals surface area contributed by atoms with Gasteiger partial charge in [-0.1, -0.05) is 6.07 Å². The van der Waals surface area contributed by atoms with Gasteiger partial charge in [0.05, 0.1) is 19.3 Å². The van der Waals surface area contributed by atoms with Gasteiger partial charge in [-0.15, -0.1) is 0 Å². The molecule has 0 bridgehead atoms. The smallest absolute Gasteiger partial charge is 0.254 e. The monoisotopic (exact) mass is 377 g/mol. The van der Waals surface area contributed by atoms with E-state index in [0.717, 1.165) is 24.4 Å². The van der Waals surface area contributed by atoms with Gasteiger partial charge < -0.3 is 14.2 Å². The number of imidazole rings is 1. The van der Waals surface area contributed by atoms with Crippen LogP contribution in [0.15, 0.2) is 55.1 Å². The van der Waals surface area contributed by atoms with E-state index >= 15 is 0 Å². The molecule has 7 heteroatoms. The highest BCUT2D eigenvalue weighted by Crippen LogP contribution is 2.28. The molecule has 0 radical (unpaired) electrons. The Hall–Kier alpha value is -3.22. The van der Waals surface area contributed by atoms with Gasteiger partial charge >= 0.3 is 0 Å². The van der Waals surface area contributed by atoms with Crippen molar-refractivity contribution >= 4 is 5.91 Å². The maximum Gasteiger partial charge on any atom is 0.254 e. The number of amides is 1. The summed E-state index contributed by atoms with van der Waals surface area (Å²) in [5, 5.41) is 0. The number of hydrogen-bond acceptors (Lipinski definition) is 5. The number of rotatable bonds is 5. The van der Waals surface area contributed by atoms with Crippen LogP contribution in [0.2, 0.25) is 0 Å². The van der Waals surface area contributed by atoms with E-state index in [1.807, 2.05) is 41.7 Å². The number of carbonyl (C=O) groups excluding carboxylic acids is 1. The first-order valence-corrected chi connectivity index (χ1v) is 9.45. The maximum atomic E-state index is 12.8. The van der Waals surface area contributed by atoms with Crippen LogP contribution in [0.5, 0.6) is 5.88 Å². The lowest BCUT2D eigenvalue weighted by atomic mass is 9.95. The third-order valence-corrected chi connectivity index (χ3v) is 5.14. The van der Waals surface area contributed by atoms with Crippen LogP contribution in [0.25, 0.3) is 0 Å². The Kier molecular flexibility index (Phi) is 5.32. The number of piperidine rings is 1. The minimum Gasteiger partial charge on any atom is -0.481 e. The van der Waals surface area contributed by atoms with Crippen LogP contribution in [0.3, 0.4) is 0 Å². The lowest BCUT2D eigenvalue weighted by Gasteiger charge is -2.32. The fraction of sp³-hybridized carbons (Fsp3) is 0.333. The first-order chi connectivity index (χ1) is 13.7. The number of pyridine rings is 2. The van der Waals surface area contributed by atoms with Gasteiger partial charge in [-0.05, 0) is 31.0 Å². The zero-order valence-corrected chi connectivity index (χ0v) is 15.9. The quantitative estimate of drug-likeness (QED) is 0.684. The Labute approximate surface area is 164 Å². The van der Waals surface area contributed by atoms with Crippen molar-refractivity contribution in [2.45, 2.75) is 25.3 Å². The largest absolute Gasteiger partial charge is 0.481 e. The van der Waals surface area contributed by atoms with Crippen LogP contribution in [0.4, 0.5) is 0 Å². The average molecular weight is 377 g/mol. The second kappa shape index (κ2) is 8.21. The van der Waals surface area contributed by atoms with Crippen molar-refractivity contribution in [2.24, 2.45) is 0 Å². The van der Waals surface area contributed by atoms with E-state index in [9.17, 15) is 4.79 Å². The van der Waals surface area contributed by atoms with E-state index in [0.29, 0.717) is 37.0 Å². The first-order valence-electron chi connectivity index (χ1n) is 9.45. The number of nitrogens with zero attached hydrogens (tertiary/aromatic N) is 5. The highest BCUT2D eigenvalue weighted by Gasteiger charge is 2.27. The summed E-state index contributed by atoms with van der Waals surface area (Å²) in [5.41, 5.74) is 1.63. The lowest BCUT2D eigenvalue weighted by Crippen LogP contribution is -2.38. The zero-order valence-electron chi connectivity index (χ0n) is 15.9. The SMILES string of the molecule is COc1cc(C(=O)N2CCC(c3nccn3Cc3ccccn3)CC2)ccn1. The summed E-state index contributed by atoms with van der Waals surface area (Å²) in [6.45, 7) is 2.14. The molecule has 7 nitrogen and oxygen atoms in total. The van der Waals surface area contributed by atoms with Crippen molar-refractivity contribution in [2.75, 3.05) is 20.2 Å². The minimum atomic E-state index is 0.0241. The molecule has 0 aromatic carbocycles. The minimum absolute atomic E-state index is 0.0241. The molecule has 3 aromatic heterocycles. The summed E-state index contributed by atoms with van der Waals surface area (Å²) in [6, 6.07) is 9.36. The second-order valence-electron chi connectivity index (χ2n) is 6.89. The first kappa shape index (κ1) is 18.2. The second-order valence-corrected chi connectivity index (χ2v) is 6.89. The van der Waals surface area contributed by atoms with Crippen molar-refractivity contribution < 1.29 is 9.53 Å². The van der Waals surface area contributed by atoms with Gasteiger partial charge in [0, 0.05) is 55.4 Å². The van der Waals surface area contributed by atoms with Crippen LogP contribution in [-0.2, 0) is 6.54 Å². The van der Waals surface area contributed by atoms with Crippen molar-refractivity contribution in [1.82, 2.24) is 24.4 Å². The summed E-state index contributed by atoms with van der Waals surface area (Å²) in [5.74, 6) is 1.89. The molecule has 0 atom stereocenters. The van der Waals surface area contributed by atoms with Crippen LogP contribution < -0.4 is 4.74 Å². The molecule has 4 heterocycles. The number of methoxy groups -OCH3 is 1. The van der Waals surface area contributed by atoms with Gasteiger partial charge in [0.15, 0.2) is 0 Å². The Morgan fingerprint density at radius 3 is 2.71 bits per heavy atom. The molecule has 1 aliphatic rings. The molecule has 28 heavy (non-hydrogen) atoms. The van der Waals surface area contributed by atoms with E-state index in [2.05, 4.69) is 19.5 Å². The van der Waals surface area contributed by atoms with E-state index in [1.165, 1.54) is 0 Å². The molecule has 1 aliphatic heterocycles. The van der Waals surface area contributed by atoms with Crippen molar-refractivity contribution in [3.8, 4) is 5.88 Å². The maximum absolute atomic E-state index is 12.8. The normalized spacial score (nSPS) is 14.8. The van der Waals surface area contributed by atoms with E-state index in [-0.39, 0.29) is 5.91 Å². The Balaban J connectivity index is 1.41. The number of aromatic nitrogens is 4. The highest BCUT2D eigenvalue weighted by atomic mass is 16.5. The molecule has 1 saturated heterocycles. The topological polar surface area (TPSA) is 73.1 Å². The molecular weight excluding hydrogens is 354 g/mol. The van der Waals surface area contributed by atoms with Gasteiger partial charge in [0.2, 0.25) is 5.88 Å². The van der Waals surface area contributed by atoms with Crippen LogP contribution >= 0.6 is 0 Å². The number of ether oxygens (including phenoxy) is 1. The molecule has 0 saturated carbocycles. The number of likely N-dealkylation sites (tertiary alicyclic amines) is 1. The molecular formula is C21H23N5O2. The number of hydrogen-bond donors (Lipinski definition) is 0. The van der Waals surface area contributed by atoms with Crippen molar-refractivity contribution in [3.05, 3.63) is 72.2 Å². The number of carbonyl (C=O) groups is 1. The van der Waals surface area contributed by atoms with Gasteiger partial charge in [-0.3, -0.25) is 9.78 Å². The molecule has 0 N–H and O–H groups in total. The Morgan fingerprint density at radius 1 is 1.11 bits per heavy atom. The van der Waals surface area contributed by atoms with Crippen LogP contribution in [0.1, 0.15) is 40.6 Å². The van der Waals surface area contributed by atoms with E-state index < -0.39 is 0 Å². The zero-order chi connectivity index (χ0) is 19.3. The molecule has 1 fully saturated rings. The highest BCUT2D eigenvalue weighted by molar-refractivity contribution is 5.94. The average Bonchev–Trinajstić information content (AvgIpc) is 3.22. The third kappa shape index (κ3) is 3.88. The van der Waals surface area contributed by atoms with Crippen LogP contribution in [0, 0.1) is 0 Å². The van der Waals surface area contributed by atoms with Crippen molar-refractivity contribution in [3.63, 3.8) is 0 Å². The molecule has 1 amide bonds.